The zero-order chi connectivity index (χ0) is 23.1. The van der Waals surface area contributed by atoms with Crippen molar-refractivity contribution in [3.05, 3.63) is 87.5 Å². The normalized spacial score (nSPS) is 20.0. The van der Waals surface area contributed by atoms with Crippen molar-refractivity contribution in [2.45, 2.75) is 38.4 Å². The van der Waals surface area contributed by atoms with Gasteiger partial charge in [0, 0.05) is 36.8 Å². The first-order valence-electron chi connectivity index (χ1n) is 12.1. The number of hydrogen-bond acceptors (Lipinski definition) is 6. The summed E-state index contributed by atoms with van der Waals surface area (Å²) in [4.78, 5) is 21.5. The van der Waals surface area contributed by atoms with Crippen molar-refractivity contribution in [2.24, 2.45) is 0 Å². The van der Waals surface area contributed by atoms with E-state index in [1.165, 1.54) is 19.4 Å². The highest BCUT2D eigenvalue weighted by Crippen LogP contribution is 2.31. The maximum Gasteiger partial charge on any atom is 0.253 e. The van der Waals surface area contributed by atoms with Gasteiger partial charge in [-0.1, -0.05) is 42.0 Å². The van der Waals surface area contributed by atoms with Gasteiger partial charge in [-0.3, -0.25) is 14.6 Å². The number of nitrogens with one attached hydrogen (secondary N) is 1. The molecule has 0 bridgehead atoms. The van der Waals surface area contributed by atoms with E-state index in [1.807, 2.05) is 41.1 Å². The second-order valence-corrected chi connectivity index (χ2v) is 9.55. The molecule has 8 nitrogen and oxygen atoms in total. The third kappa shape index (κ3) is 3.93. The van der Waals surface area contributed by atoms with Crippen LogP contribution in [0.5, 0.6) is 0 Å². The maximum atomic E-state index is 13.4. The van der Waals surface area contributed by atoms with Crippen LogP contribution in [0.3, 0.4) is 0 Å². The molecule has 8 heteroatoms. The number of hydrogen-bond donors (Lipinski definition) is 1. The van der Waals surface area contributed by atoms with Crippen LogP contribution in [-0.4, -0.2) is 67.2 Å². The Bertz CT molecular complexity index is 1360. The average molecular weight is 456 g/mol. The highest BCUT2D eigenvalue weighted by Gasteiger charge is 2.37. The Balaban J connectivity index is 1.46. The second-order valence-electron chi connectivity index (χ2n) is 9.55. The van der Waals surface area contributed by atoms with Gasteiger partial charge in [-0.25, -0.2) is 4.68 Å². The van der Waals surface area contributed by atoms with E-state index >= 15 is 0 Å². The lowest BCUT2D eigenvalue weighted by Gasteiger charge is -2.41. The lowest BCUT2D eigenvalue weighted by atomic mass is 10.0. The van der Waals surface area contributed by atoms with Crippen molar-refractivity contribution in [1.82, 2.24) is 35.0 Å². The van der Waals surface area contributed by atoms with Gasteiger partial charge < -0.3 is 4.98 Å². The fourth-order valence-corrected chi connectivity index (χ4v) is 5.57. The first kappa shape index (κ1) is 21.2. The van der Waals surface area contributed by atoms with Crippen molar-refractivity contribution in [1.29, 1.82) is 0 Å². The van der Waals surface area contributed by atoms with Crippen LogP contribution in [0.2, 0.25) is 0 Å². The van der Waals surface area contributed by atoms with Crippen LogP contribution in [0.25, 0.3) is 10.9 Å². The summed E-state index contributed by atoms with van der Waals surface area (Å²) < 4.78 is 1.85. The zero-order valence-electron chi connectivity index (χ0n) is 19.4. The number of fused-ring (bicyclic) bond motifs is 2. The number of aromatic nitrogens is 5. The van der Waals surface area contributed by atoms with Gasteiger partial charge in [-0.2, -0.15) is 0 Å². The average Bonchev–Trinajstić information content (AvgIpc) is 3.50. The highest BCUT2D eigenvalue weighted by atomic mass is 16.1. The van der Waals surface area contributed by atoms with Crippen LogP contribution in [0.4, 0.5) is 0 Å². The Hall–Kier alpha value is -3.36. The lowest BCUT2D eigenvalue weighted by molar-refractivity contribution is 0.0790. The largest absolute Gasteiger partial charge is 0.322 e. The molecule has 0 unspecified atom stereocenters. The SMILES string of the molecule is Cc1ccc2[nH]c(=O)c([C@H](c3nnnn3Cc3ccccc3)N3CCN4CCC[C@H]4C3)cc2c1. The van der Waals surface area contributed by atoms with Crippen molar-refractivity contribution >= 4 is 10.9 Å². The molecule has 34 heavy (non-hydrogen) atoms. The predicted molar refractivity (Wildman–Crippen MR) is 131 cm³/mol. The van der Waals surface area contributed by atoms with E-state index in [2.05, 4.69) is 55.4 Å². The van der Waals surface area contributed by atoms with E-state index in [0.29, 0.717) is 24.0 Å². The molecule has 2 aromatic heterocycles. The van der Waals surface area contributed by atoms with Crippen LogP contribution >= 0.6 is 0 Å². The summed E-state index contributed by atoms with van der Waals surface area (Å²) in [5, 5.41) is 13.9. The molecule has 2 atom stereocenters. The fourth-order valence-electron chi connectivity index (χ4n) is 5.57. The van der Waals surface area contributed by atoms with Crippen molar-refractivity contribution in [3.63, 3.8) is 0 Å². The van der Waals surface area contributed by atoms with E-state index in [9.17, 15) is 4.79 Å². The molecule has 1 N–H and O–H groups in total. The number of piperazine rings is 1. The first-order chi connectivity index (χ1) is 16.7. The third-order valence-corrected chi connectivity index (χ3v) is 7.29. The van der Waals surface area contributed by atoms with Crippen LogP contribution in [0.15, 0.2) is 59.4 Å². The molecule has 0 spiro atoms. The van der Waals surface area contributed by atoms with Gasteiger partial charge in [0.2, 0.25) is 0 Å². The van der Waals surface area contributed by atoms with Crippen molar-refractivity contribution in [2.75, 3.05) is 26.2 Å². The maximum absolute atomic E-state index is 13.4. The van der Waals surface area contributed by atoms with E-state index in [0.717, 1.165) is 41.7 Å². The smallest absolute Gasteiger partial charge is 0.253 e. The molecule has 2 fully saturated rings. The Morgan fingerprint density at radius 2 is 1.97 bits per heavy atom. The molecule has 4 aromatic rings. The molecular formula is C26H29N7O. The van der Waals surface area contributed by atoms with Crippen LogP contribution in [0, 0.1) is 6.92 Å². The van der Waals surface area contributed by atoms with Gasteiger partial charge in [-0.15, -0.1) is 5.10 Å². The number of pyridine rings is 1. The summed E-state index contributed by atoms with van der Waals surface area (Å²) in [6, 6.07) is 18.6. The third-order valence-electron chi connectivity index (χ3n) is 7.29. The number of nitrogens with zero attached hydrogens (tertiary/aromatic N) is 6. The number of tetrazole rings is 1. The van der Waals surface area contributed by atoms with Crippen molar-refractivity contribution < 1.29 is 0 Å². The van der Waals surface area contributed by atoms with Crippen LogP contribution in [-0.2, 0) is 6.54 Å². The monoisotopic (exact) mass is 455 g/mol. The molecule has 2 aromatic carbocycles. The molecule has 4 heterocycles. The van der Waals surface area contributed by atoms with E-state index in [-0.39, 0.29) is 11.6 Å². The quantitative estimate of drug-likeness (QED) is 0.498. The summed E-state index contributed by atoms with van der Waals surface area (Å²) in [5.74, 6) is 0.716. The van der Waals surface area contributed by atoms with Gasteiger partial charge in [0.25, 0.3) is 5.56 Å². The van der Waals surface area contributed by atoms with Crippen molar-refractivity contribution in [3.8, 4) is 0 Å². The van der Waals surface area contributed by atoms with Gasteiger partial charge in [-0.05, 0) is 65.9 Å². The lowest BCUT2D eigenvalue weighted by Crippen LogP contribution is -2.52. The van der Waals surface area contributed by atoms with Crippen LogP contribution in [0.1, 0.15) is 41.4 Å². The Labute approximate surface area is 198 Å². The van der Waals surface area contributed by atoms with E-state index < -0.39 is 0 Å². The molecule has 0 saturated carbocycles. The van der Waals surface area contributed by atoms with Crippen LogP contribution < -0.4 is 5.56 Å². The molecule has 0 amide bonds. The minimum Gasteiger partial charge on any atom is -0.322 e. The Morgan fingerprint density at radius 1 is 1.09 bits per heavy atom. The molecule has 6 rings (SSSR count). The Morgan fingerprint density at radius 3 is 2.85 bits per heavy atom. The van der Waals surface area contributed by atoms with E-state index in [4.69, 9.17) is 0 Å². The molecule has 2 aliphatic heterocycles. The van der Waals surface area contributed by atoms with Gasteiger partial charge in [0.05, 0.1) is 6.54 Å². The predicted octanol–water partition coefficient (Wildman–Crippen LogP) is 2.74. The standard InChI is InChI=1S/C26H29N7O/c1-18-9-10-23-20(14-18)15-22(26(34)27-23)24(32-13-12-31-11-5-8-21(31)17-32)25-28-29-30-33(25)16-19-6-3-2-4-7-19/h2-4,6-7,9-10,14-15,21,24H,5,8,11-13,16-17H2,1H3,(H,27,34)/t21-,24+/m0/s1. The van der Waals surface area contributed by atoms with Gasteiger partial charge in [0.15, 0.2) is 5.82 Å². The number of aryl methyl sites for hydroxylation is 1. The molecule has 174 valence electrons. The number of benzene rings is 2. The molecule has 0 aliphatic carbocycles. The van der Waals surface area contributed by atoms with Gasteiger partial charge >= 0.3 is 0 Å². The summed E-state index contributed by atoms with van der Waals surface area (Å²) in [7, 11) is 0. The number of rotatable bonds is 5. The minimum atomic E-state index is -0.310. The van der Waals surface area contributed by atoms with Gasteiger partial charge in [0.1, 0.15) is 6.04 Å². The number of aromatic amines is 1. The molecular weight excluding hydrogens is 426 g/mol. The Kier molecular flexibility index (Phi) is 5.47. The summed E-state index contributed by atoms with van der Waals surface area (Å²) in [6.07, 6.45) is 2.44. The topological polar surface area (TPSA) is 82.9 Å². The summed E-state index contributed by atoms with van der Waals surface area (Å²) in [6.45, 7) is 6.60. The summed E-state index contributed by atoms with van der Waals surface area (Å²) >= 11 is 0. The first-order valence-corrected chi connectivity index (χ1v) is 12.1. The molecule has 2 saturated heterocycles. The highest BCUT2D eigenvalue weighted by molar-refractivity contribution is 5.79. The fraction of sp³-hybridized carbons (Fsp3) is 0.385. The minimum absolute atomic E-state index is 0.0792. The molecule has 0 radical (unpaired) electrons. The second kappa shape index (κ2) is 8.77. The number of H-pyrrole nitrogens is 1. The van der Waals surface area contributed by atoms with E-state index in [1.54, 1.807) is 0 Å². The zero-order valence-corrected chi connectivity index (χ0v) is 19.4. The summed E-state index contributed by atoms with van der Waals surface area (Å²) in [5.41, 5.74) is 3.76. The molecule has 2 aliphatic rings.